The number of amides is 1. The molecule has 1 aromatic carbocycles. The number of ether oxygens (including phenoxy) is 1. The van der Waals surface area contributed by atoms with Crippen LogP contribution >= 0.6 is 11.8 Å². The molecule has 6 heteroatoms. The van der Waals surface area contributed by atoms with E-state index in [0.717, 1.165) is 42.4 Å². The van der Waals surface area contributed by atoms with Crippen molar-refractivity contribution >= 4 is 17.7 Å². The quantitative estimate of drug-likeness (QED) is 0.784. The van der Waals surface area contributed by atoms with Crippen LogP contribution in [0.4, 0.5) is 0 Å². The summed E-state index contributed by atoms with van der Waals surface area (Å²) in [6.07, 6.45) is 4.29. The number of carbonyl (C=O) groups excluding carboxylic acids is 1. The number of nitrogens with zero attached hydrogens (tertiary/aromatic N) is 2. The number of nitrogens with one attached hydrogen (secondary N) is 1. The van der Waals surface area contributed by atoms with Gasteiger partial charge in [-0.3, -0.25) is 4.79 Å². The first-order valence-electron chi connectivity index (χ1n) is 9.09. The van der Waals surface area contributed by atoms with Crippen LogP contribution in [0.1, 0.15) is 33.6 Å². The molecule has 0 spiro atoms. The number of hydrogen-bond donors (Lipinski definition) is 1. The number of benzene rings is 1. The molecule has 1 unspecified atom stereocenters. The van der Waals surface area contributed by atoms with E-state index in [1.807, 2.05) is 45.2 Å². The van der Waals surface area contributed by atoms with Crippen LogP contribution in [0.15, 0.2) is 41.7 Å². The molecule has 1 amide bonds. The highest BCUT2D eigenvalue weighted by molar-refractivity contribution is 7.99. The Hall–Kier alpha value is -1.79. The average molecular weight is 374 g/mol. The minimum atomic E-state index is -0.222. The molecule has 1 fully saturated rings. The summed E-state index contributed by atoms with van der Waals surface area (Å²) in [6, 6.07) is 10.2. The molecule has 2 heterocycles. The third kappa shape index (κ3) is 5.11. The lowest BCUT2D eigenvalue weighted by Crippen LogP contribution is -2.41. The molecule has 1 atom stereocenters. The molecular formula is C20H27N3O2S. The fourth-order valence-corrected chi connectivity index (χ4v) is 3.85. The lowest BCUT2D eigenvalue weighted by molar-refractivity contribution is -0.119. The first kappa shape index (κ1) is 19.0. The van der Waals surface area contributed by atoms with Crippen LogP contribution in [-0.2, 0) is 16.1 Å². The monoisotopic (exact) mass is 373 g/mol. The van der Waals surface area contributed by atoms with Gasteiger partial charge in [-0.1, -0.05) is 42.1 Å². The van der Waals surface area contributed by atoms with Gasteiger partial charge in [-0.15, -0.1) is 0 Å². The molecule has 3 rings (SSSR count). The van der Waals surface area contributed by atoms with E-state index >= 15 is 0 Å². The maximum absolute atomic E-state index is 12.2. The topological polar surface area (TPSA) is 56.2 Å². The van der Waals surface area contributed by atoms with E-state index in [-0.39, 0.29) is 17.6 Å². The van der Waals surface area contributed by atoms with Gasteiger partial charge in [-0.2, -0.15) is 0 Å². The zero-order chi connectivity index (χ0) is 18.6. The molecule has 0 aliphatic carbocycles. The van der Waals surface area contributed by atoms with Crippen molar-refractivity contribution in [1.82, 2.24) is 14.9 Å². The molecule has 0 bridgehead atoms. The van der Waals surface area contributed by atoms with Gasteiger partial charge in [0.25, 0.3) is 0 Å². The lowest BCUT2D eigenvalue weighted by Gasteiger charge is -2.20. The van der Waals surface area contributed by atoms with Crippen LogP contribution < -0.4 is 5.32 Å². The number of rotatable bonds is 6. The zero-order valence-corrected chi connectivity index (χ0v) is 16.5. The number of thioether (sulfide) groups is 1. The second-order valence-electron chi connectivity index (χ2n) is 7.62. The molecule has 26 heavy (non-hydrogen) atoms. The van der Waals surface area contributed by atoms with Gasteiger partial charge in [0.2, 0.25) is 5.91 Å². The summed E-state index contributed by atoms with van der Waals surface area (Å²) in [5, 5.41) is 3.86. The highest BCUT2D eigenvalue weighted by Crippen LogP contribution is 2.28. The number of imidazole rings is 1. The predicted octanol–water partition coefficient (Wildman–Crippen LogP) is 3.74. The molecule has 0 saturated carbocycles. The second kappa shape index (κ2) is 8.27. The van der Waals surface area contributed by atoms with Gasteiger partial charge in [0.05, 0.1) is 30.3 Å². The Morgan fingerprint density at radius 1 is 1.35 bits per heavy atom. The molecule has 0 radical (unpaired) electrons. The summed E-state index contributed by atoms with van der Waals surface area (Å²) in [7, 11) is 0. The molecule has 5 nitrogen and oxygen atoms in total. The normalized spacial score (nSPS) is 17.4. The smallest absolute Gasteiger partial charge is 0.230 e. The van der Waals surface area contributed by atoms with E-state index in [4.69, 9.17) is 4.74 Å². The maximum Gasteiger partial charge on any atom is 0.230 e. The summed E-state index contributed by atoms with van der Waals surface area (Å²) >= 11 is 1.48. The highest BCUT2D eigenvalue weighted by atomic mass is 32.2. The van der Waals surface area contributed by atoms with E-state index in [9.17, 15) is 4.79 Å². The Labute approximate surface area is 159 Å². The average Bonchev–Trinajstić information content (AvgIpc) is 3.23. The van der Waals surface area contributed by atoms with Gasteiger partial charge >= 0.3 is 0 Å². The van der Waals surface area contributed by atoms with Crippen molar-refractivity contribution in [2.24, 2.45) is 0 Å². The Kier molecular flexibility index (Phi) is 6.04. The first-order valence-corrected chi connectivity index (χ1v) is 10.1. The van der Waals surface area contributed by atoms with Gasteiger partial charge in [-0.05, 0) is 39.2 Å². The van der Waals surface area contributed by atoms with Crippen molar-refractivity contribution in [2.75, 3.05) is 12.4 Å². The van der Waals surface area contributed by atoms with Crippen molar-refractivity contribution in [3.05, 3.63) is 36.5 Å². The lowest BCUT2D eigenvalue weighted by atomic mass is 10.1. The molecule has 1 saturated heterocycles. The van der Waals surface area contributed by atoms with Crippen molar-refractivity contribution in [1.29, 1.82) is 0 Å². The van der Waals surface area contributed by atoms with E-state index in [0.29, 0.717) is 5.75 Å². The number of carbonyl (C=O) groups is 1. The zero-order valence-electron chi connectivity index (χ0n) is 15.7. The molecular weight excluding hydrogens is 346 g/mol. The van der Waals surface area contributed by atoms with Crippen LogP contribution in [0.3, 0.4) is 0 Å². The predicted molar refractivity (Wildman–Crippen MR) is 105 cm³/mol. The van der Waals surface area contributed by atoms with Crippen molar-refractivity contribution in [3.63, 3.8) is 0 Å². The summed E-state index contributed by atoms with van der Waals surface area (Å²) in [5.41, 5.74) is 1.98. The first-order chi connectivity index (χ1) is 12.4. The summed E-state index contributed by atoms with van der Waals surface area (Å²) < 4.78 is 8.02. The van der Waals surface area contributed by atoms with E-state index < -0.39 is 0 Å². The third-order valence-electron chi connectivity index (χ3n) is 4.15. The largest absolute Gasteiger partial charge is 0.376 e. The molecule has 140 valence electrons. The number of aromatic nitrogens is 2. The van der Waals surface area contributed by atoms with Gasteiger partial charge in [-0.25, -0.2) is 4.98 Å². The van der Waals surface area contributed by atoms with Crippen LogP contribution in [0, 0.1) is 0 Å². The minimum Gasteiger partial charge on any atom is -0.376 e. The molecule has 1 aromatic heterocycles. The van der Waals surface area contributed by atoms with Gasteiger partial charge < -0.3 is 14.6 Å². The fraction of sp³-hybridized carbons (Fsp3) is 0.500. The fourth-order valence-electron chi connectivity index (χ4n) is 3.07. The van der Waals surface area contributed by atoms with Crippen LogP contribution in [-0.4, -0.2) is 39.5 Å². The Morgan fingerprint density at radius 2 is 2.12 bits per heavy atom. The summed E-state index contributed by atoms with van der Waals surface area (Å²) in [4.78, 5) is 16.8. The van der Waals surface area contributed by atoms with Crippen molar-refractivity contribution < 1.29 is 9.53 Å². The van der Waals surface area contributed by atoms with Crippen LogP contribution in [0.25, 0.3) is 11.3 Å². The summed E-state index contributed by atoms with van der Waals surface area (Å²) in [5.74, 6) is 0.379. The second-order valence-corrected chi connectivity index (χ2v) is 8.57. The molecule has 1 N–H and O–H groups in total. The Morgan fingerprint density at radius 3 is 2.77 bits per heavy atom. The van der Waals surface area contributed by atoms with Gasteiger partial charge in [0, 0.05) is 12.1 Å². The minimum absolute atomic E-state index is 0.0235. The van der Waals surface area contributed by atoms with Crippen molar-refractivity contribution in [3.8, 4) is 11.3 Å². The van der Waals surface area contributed by atoms with Gasteiger partial charge in [0.1, 0.15) is 0 Å². The van der Waals surface area contributed by atoms with Crippen molar-refractivity contribution in [2.45, 2.75) is 57.0 Å². The Bertz CT molecular complexity index is 731. The van der Waals surface area contributed by atoms with E-state index in [1.54, 1.807) is 0 Å². The molecule has 1 aliphatic heterocycles. The van der Waals surface area contributed by atoms with Crippen LogP contribution in [0.2, 0.25) is 0 Å². The SMILES string of the molecule is CC(C)(C)NC(=O)CSc1ncc(-c2ccccc2)n1CC1CCCO1. The van der Waals surface area contributed by atoms with E-state index in [2.05, 4.69) is 27.0 Å². The summed E-state index contributed by atoms with van der Waals surface area (Å²) in [6.45, 7) is 7.56. The van der Waals surface area contributed by atoms with E-state index in [1.165, 1.54) is 11.8 Å². The Balaban J connectivity index is 1.78. The highest BCUT2D eigenvalue weighted by Gasteiger charge is 2.21. The molecule has 1 aliphatic rings. The maximum atomic E-state index is 12.2. The van der Waals surface area contributed by atoms with Gasteiger partial charge in [0.15, 0.2) is 5.16 Å². The number of hydrogen-bond acceptors (Lipinski definition) is 4. The van der Waals surface area contributed by atoms with Crippen LogP contribution in [0.5, 0.6) is 0 Å². The molecule has 2 aromatic rings. The third-order valence-corrected chi connectivity index (χ3v) is 5.14. The standard InChI is InChI=1S/C20H27N3O2S/c1-20(2,3)22-18(24)14-26-19-21-12-17(15-8-5-4-6-9-15)23(19)13-16-10-7-11-25-16/h4-6,8-9,12,16H,7,10-11,13-14H2,1-3H3,(H,22,24).